The number of carbonyl (C=O) groups excluding carboxylic acids is 1. The van der Waals surface area contributed by atoms with Gasteiger partial charge < -0.3 is 11.1 Å². The van der Waals surface area contributed by atoms with Crippen LogP contribution in [0.2, 0.25) is 0 Å². The summed E-state index contributed by atoms with van der Waals surface area (Å²) in [4.78, 5) is 14.5. The third kappa shape index (κ3) is 3.26. The molecule has 0 aromatic carbocycles. The Kier molecular flexibility index (Phi) is 4.42. The molecule has 1 saturated heterocycles. The van der Waals surface area contributed by atoms with Crippen LogP contribution >= 0.6 is 0 Å². The zero-order valence-electron chi connectivity index (χ0n) is 11.7. The number of aryl methyl sites for hydroxylation is 1. The Morgan fingerprint density at radius 2 is 2.16 bits per heavy atom. The number of nitrogen functional groups attached to an aromatic ring is 1. The lowest BCUT2D eigenvalue weighted by atomic mass is 10.1. The molecule has 1 unspecified atom stereocenters. The van der Waals surface area contributed by atoms with Crippen molar-refractivity contribution in [1.82, 2.24) is 20.0 Å². The number of hydrogen-bond acceptors (Lipinski definition) is 4. The van der Waals surface area contributed by atoms with Gasteiger partial charge in [0.1, 0.15) is 5.69 Å². The highest BCUT2D eigenvalue weighted by Gasteiger charge is 2.19. The number of likely N-dealkylation sites (tertiary alicyclic amines) is 1. The molecule has 0 aliphatic carbocycles. The third-order valence-electron chi connectivity index (χ3n) is 3.75. The second-order valence-electron chi connectivity index (χ2n) is 5.23. The lowest BCUT2D eigenvalue weighted by Gasteiger charge is -2.32. The molecule has 2 heterocycles. The van der Waals surface area contributed by atoms with E-state index in [-0.39, 0.29) is 5.91 Å². The SMILES string of the molecule is CC(CNC(=O)c1c(N)cnn1C)N1CCCCC1. The van der Waals surface area contributed by atoms with Gasteiger partial charge in [-0.25, -0.2) is 0 Å². The van der Waals surface area contributed by atoms with Crippen molar-refractivity contribution < 1.29 is 4.79 Å². The van der Waals surface area contributed by atoms with Crippen molar-refractivity contribution in [2.45, 2.75) is 32.2 Å². The van der Waals surface area contributed by atoms with Crippen LogP contribution in [0.3, 0.4) is 0 Å². The van der Waals surface area contributed by atoms with Crippen molar-refractivity contribution in [2.75, 3.05) is 25.4 Å². The highest BCUT2D eigenvalue weighted by molar-refractivity contribution is 5.97. The van der Waals surface area contributed by atoms with Crippen LogP contribution in [0.5, 0.6) is 0 Å². The van der Waals surface area contributed by atoms with Gasteiger partial charge in [0.05, 0.1) is 11.9 Å². The van der Waals surface area contributed by atoms with Crippen LogP contribution < -0.4 is 11.1 Å². The van der Waals surface area contributed by atoms with Gasteiger partial charge in [-0.3, -0.25) is 14.4 Å². The summed E-state index contributed by atoms with van der Waals surface area (Å²) in [5.74, 6) is -0.152. The van der Waals surface area contributed by atoms with Gasteiger partial charge in [0, 0.05) is 19.6 Å². The lowest BCUT2D eigenvalue weighted by molar-refractivity contribution is 0.0921. The average molecular weight is 265 g/mol. The van der Waals surface area contributed by atoms with Crippen molar-refractivity contribution in [3.8, 4) is 0 Å². The summed E-state index contributed by atoms with van der Waals surface area (Å²) in [5.41, 5.74) is 6.59. The molecule has 1 aromatic rings. The molecule has 0 radical (unpaired) electrons. The second kappa shape index (κ2) is 6.06. The maximum atomic E-state index is 12.1. The Labute approximate surface area is 113 Å². The molecule has 1 aliphatic heterocycles. The number of nitrogens with one attached hydrogen (secondary N) is 1. The molecule has 1 aromatic heterocycles. The molecule has 0 spiro atoms. The minimum absolute atomic E-state index is 0.152. The van der Waals surface area contributed by atoms with Gasteiger partial charge in [-0.05, 0) is 32.9 Å². The first-order valence-corrected chi connectivity index (χ1v) is 6.89. The van der Waals surface area contributed by atoms with Crippen molar-refractivity contribution in [1.29, 1.82) is 0 Å². The first kappa shape index (κ1) is 13.9. The lowest BCUT2D eigenvalue weighted by Crippen LogP contribution is -2.44. The monoisotopic (exact) mass is 265 g/mol. The molecule has 6 nitrogen and oxygen atoms in total. The number of carbonyl (C=O) groups is 1. The predicted octanol–water partition coefficient (Wildman–Crippen LogP) is 0.607. The molecular formula is C13H23N5O. The van der Waals surface area contributed by atoms with Crippen LogP contribution in [0.4, 0.5) is 5.69 Å². The molecular weight excluding hydrogens is 242 g/mol. The fraction of sp³-hybridized carbons (Fsp3) is 0.692. The van der Waals surface area contributed by atoms with Crippen LogP contribution in [0, 0.1) is 0 Å². The van der Waals surface area contributed by atoms with Crippen molar-refractivity contribution in [2.24, 2.45) is 7.05 Å². The van der Waals surface area contributed by atoms with E-state index in [0.717, 1.165) is 13.1 Å². The topological polar surface area (TPSA) is 76.2 Å². The largest absolute Gasteiger partial charge is 0.396 e. The van der Waals surface area contributed by atoms with Gasteiger partial charge in [0.2, 0.25) is 0 Å². The van der Waals surface area contributed by atoms with Gasteiger partial charge in [0.15, 0.2) is 0 Å². The Balaban J connectivity index is 1.86. The number of hydrogen-bond donors (Lipinski definition) is 2. The average Bonchev–Trinajstić information content (AvgIpc) is 2.76. The number of nitrogens with zero attached hydrogens (tertiary/aromatic N) is 3. The molecule has 106 valence electrons. The zero-order chi connectivity index (χ0) is 13.8. The van der Waals surface area contributed by atoms with Gasteiger partial charge in [-0.15, -0.1) is 0 Å². The maximum absolute atomic E-state index is 12.1. The van der Waals surface area contributed by atoms with Gasteiger partial charge >= 0.3 is 0 Å². The molecule has 1 amide bonds. The fourth-order valence-electron chi connectivity index (χ4n) is 2.54. The summed E-state index contributed by atoms with van der Waals surface area (Å²) in [5, 5.41) is 6.92. The first-order valence-electron chi connectivity index (χ1n) is 6.89. The number of rotatable bonds is 4. The van der Waals surface area contributed by atoms with E-state index < -0.39 is 0 Å². The number of nitrogens with two attached hydrogens (primary N) is 1. The molecule has 2 rings (SSSR count). The smallest absolute Gasteiger partial charge is 0.271 e. The van der Waals surface area contributed by atoms with Crippen molar-refractivity contribution in [3.63, 3.8) is 0 Å². The number of amides is 1. The highest BCUT2D eigenvalue weighted by atomic mass is 16.2. The Hall–Kier alpha value is -1.56. The minimum atomic E-state index is -0.152. The second-order valence-corrected chi connectivity index (χ2v) is 5.23. The maximum Gasteiger partial charge on any atom is 0.271 e. The molecule has 3 N–H and O–H groups in total. The summed E-state index contributed by atoms with van der Waals surface area (Å²) in [6.45, 7) is 5.05. The quantitative estimate of drug-likeness (QED) is 0.836. The highest BCUT2D eigenvalue weighted by Crippen LogP contribution is 2.12. The van der Waals surface area contributed by atoms with E-state index in [9.17, 15) is 4.79 Å². The number of aromatic nitrogens is 2. The zero-order valence-corrected chi connectivity index (χ0v) is 11.7. The molecule has 1 fully saturated rings. The number of piperidine rings is 1. The standard InChI is InChI=1S/C13H23N5O/c1-10(18-6-4-3-5-7-18)8-15-13(19)12-11(14)9-16-17(12)2/h9-10H,3-8,14H2,1-2H3,(H,15,19). The molecule has 19 heavy (non-hydrogen) atoms. The van der Waals surface area contributed by atoms with Crippen molar-refractivity contribution >= 4 is 11.6 Å². The van der Waals surface area contributed by atoms with E-state index in [1.54, 1.807) is 7.05 Å². The predicted molar refractivity (Wildman–Crippen MR) is 74.8 cm³/mol. The van der Waals surface area contributed by atoms with Crippen LogP contribution in [-0.4, -0.2) is 46.3 Å². The molecule has 6 heteroatoms. The summed E-state index contributed by atoms with van der Waals surface area (Å²) < 4.78 is 1.51. The van der Waals surface area contributed by atoms with Crippen LogP contribution in [0.15, 0.2) is 6.20 Å². The van der Waals surface area contributed by atoms with E-state index in [0.29, 0.717) is 24.0 Å². The van der Waals surface area contributed by atoms with Gasteiger partial charge in [-0.2, -0.15) is 5.10 Å². The van der Waals surface area contributed by atoms with E-state index in [1.165, 1.54) is 30.1 Å². The van der Waals surface area contributed by atoms with Gasteiger partial charge in [-0.1, -0.05) is 6.42 Å². The van der Waals surface area contributed by atoms with E-state index >= 15 is 0 Å². The Bertz CT molecular complexity index is 417. The van der Waals surface area contributed by atoms with E-state index in [1.807, 2.05) is 0 Å². The first-order chi connectivity index (χ1) is 9.09. The molecule has 0 bridgehead atoms. The summed E-state index contributed by atoms with van der Waals surface area (Å²) in [6, 6.07) is 0.360. The number of anilines is 1. The Morgan fingerprint density at radius 1 is 1.47 bits per heavy atom. The molecule has 1 aliphatic rings. The van der Waals surface area contributed by atoms with Crippen molar-refractivity contribution in [3.05, 3.63) is 11.9 Å². The minimum Gasteiger partial charge on any atom is -0.396 e. The normalized spacial score (nSPS) is 18.2. The summed E-state index contributed by atoms with van der Waals surface area (Å²) >= 11 is 0. The van der Waals surface area contributed by atoms with Crippen LogP contribution in [0.25, 0.3) is 0 Å². The summed E-state index contributed by atoms with van der Waals surface area (Å²) in [6.07, 6.45) is 5.34. The Morgan fingerprint density at radius 3 is 2.74 bits per heavy atom. The third-order valence-corrected chi connectivity index (χ3v) is 3.75. The van der Waals surface area contributed by atoms with E-state index in [4.69, 9.17) is 5.73 Å². The summed E-state index contributed by atoms with van der Waals surface area (Å²) in [7, 11) is 1.72. The molecule has 1 atom stereocenters. The fourth-order valence-corrected chi connectivity index (χ4v) is 2.54. The molecule has 0 saturated carbocycles. The van der Waals surface area contributed by atoms with Gasteiger partial charge in [0.25, 0.3) is 5.91 Å². The van der Waals surface area contributed by atoms with Crippen LogP contribution in [0.1, 0.15) is 36.7 Å². The van der Waals surface area contributed by atoms with E-state index in [2.05, 4.69) is 22.2 Å². The van der Waals surface area contributed by atoms with Crippen LogP contribution in [-0.2, 0) is 7.05 Å².